The van der Waals surface area contributed by atoms with Gasteiger partial charge in [-0.2, -0.15) is 4.98 Å². The maximum atomic E-state index is 5.37. The van der Waals surface area contributed by atoms with E-state index in [1.54, 1.807) is 0 Å². The van der Waals surface area contributed by atoms with E-state index >= 15 is 0 Å². The van der Waals surface area contributed by atoms with Crippen molar-refractivity contribution in [3.8, 4) is 0 Å². The van der Waals surface area contributed by atoms with Crippen LogP contribution in [0.2, 0.25) is 0 Å². The predicted molar refractivity (Wildman–Crippen MR) is 55.6 cm³/mol. The second-order valence-electron chi connectivity index (χ2n) is 5.05. The van der Waals surface area contributed by atoms with E-state index < -0.39 is 0 Å². The van der Waals surface area contributed by atoms with E-state index in [2.05, 4.69) is 29.3 Å². The van der Waals surface area contributed by atoms with Gasteiger partial charge in [-0.15, -0.1) is 0 Å². The fourth-order valence-corrected chi connectivity index (χ4v) is 2.37. The molecule has 0 aromatic carbocycles. The lowest BCUT2D eigenvalue weighted by Crippen LogP contribution is -2.08. The first-order valence-electron chi connectivity index (χ1n) is 5.80. The quantitative estimate of drug-likeness (QED) is 0.798. The van der Waals surface area contributed by atoms with Gasteiger partial charge in [0.1, 0.15) is 0 Å². The molecule has 1 saturated carbocycles. The summed E-state index contributed by atoms with van der Waals surface area (Å²) in [5.41, 5.74) is 0. The summed E-state index contributed by atoms with van der Waals surface area (Å²) in [4.78, 5) is 4.54. The van der Waals surface area contributed by atoms with Crippen LogP contribution in [0.25, 0.3) is 0 Å². The molecule has 4 atom stereocenters. The summed E-state index contributed by atoms with van der Waals surface area (Å²) in [7, 11) is 0. The standard InChI is InChI=1S/C11H17N3O/c1-6-3-8(6)10-13-11(15-14-10)9-5-12-4-7(9)2/h6-9,12H,3-5H2,1-2H3/t6?,7-,8?,9-/m1/s1. The van der Waals surface area contributed by atoms with E-state index in [9.17, 15) is 0 Å². The molecule has 15 heavy (non-hydrogen) atoms. The van der Waals surface area contributed by atoms with Crippen molar-refractivity contribution in [2.45, 2.75) is 32.1 Å². The number of hydrogen-bond donors (Lipinski definition) is 1. The van der Waals surface area contributed by atoms with Crippen LogP contribution < -0.4 is 5.32 Å². The van der Waals surface area contributed by atoms with Gasteiger partial charge in [0.15, 0.2) is 5.82 Å². The third kappa shape index (κ3) is 1.57. The lowest BCUT2D eigenvalue weighted by atomic mass is 9.98. The normalized spacial score (nSPS) is 39.6. The first-order valence-corrected chi connectivity index (χ1v) is 5.80. The zero-order valence-corrected chi connectivity index (χ0v) is 9.23. The summed E-state index contributed by atoms with van der Waals surface area (Å²) in [5.74, 6) is 4.09. The lowest BCUT2D eigenvalue weighted by molar-refractivity contribution is 0.336. The molecular weight excluding hydrogens is 190 g/mol. The Labute approximate surface area is 89.4 Å². The summed E-state index contributed by atoms with van der Waals surface area (Å²) in [5, 5.41) is 7.45. The van der Waals surface area contributed by atoms with E-state index in [1.165, 1.54) is 6.42 Å². The van der Waals surface area contributed by atoms with E-state index in [1.807, 2.05) is 0 Å². The van der Waals surface area contributed by atoms with E-state index in [-0.39, 0.29) is 0 Å². The van der Waals surface area contributed by atoms with Gasteiger partial charge < -0.3 is 9.84 Å². The average Bonchev–Trinajstić information content (AvgIpc) is 2.69. The molecule has 0 amide bonds. The monoisotopic (exact) mass is 207 g/mol. The molecule has 0 bridgehead atoms. The molecule has 2 heterocycles. The minimum absolute atomic E-state index is 0.417. The molecule has 1 saturated heterocycles. The van der Waals surface area contributed by atoms with Crippen LogP contribution >= 0.6 is 0 Å². The Morgan fingerprint density at radius 3 is 2.60 bits per heavy atom. The fraction of sp³-hybridized carbons (Fsp3) is 0.818. The Hall–Kier alpha value is -0.900. The smallest absolute Gasteiger partial charge is 0.231 e. The van der Waals surface area contributed by atoms with Gasteiger partial charge in [-0.25, -0.2) is 0 Å². The van der Waals surface area contributed by atoms with E-state index in [0.717, 1.165) is 30.7 Å². The van der Waals surface area contributed by atoms with Gasteiger partial charge in [0.05, 0.1) is 5.92 Å². The molecule has 2 aliphatic rings. The Morgan fingerprint density at radius 2 is 2.00 bits per heavy atom. The van der Waals surface area contributed by atoms with Gasteiger partial charge in [0.25, 0.3) is 0 Å². The minimum atomic E-state index is 0.417. The van der Waals surface area contributed by atoms with Crippen molar-refractivity contribution < 1.29 is 4.52 Å². The van der Waals surface area contributed by atoms with Crippen molar-refractivity contribution >= 4 is 0 Å². The SMILES string of the molecule is CC1CC1c1noc([C@@H]2CNC[C@H]2C)n1. The van der Waals surface area contributed by atoms with Gasteiger partial charge in [-0.3, -0.25) is 0 Å². The molecule has 0 radical (unpaired) electrons. The summed E-state index contributed by atoms with van der Waals surface area (Å²) in [6.45, 7) is 6.50. The Morgan fingerprint density at radius 1 is 1.20 bits per heavy atom. The summed E-state index contributed by atoms with van der Waals surface area (Å²) in [6.07, 6.45) is 1.22. The zero-order chi connectivity index (χ0) is 10.4. The Bertz CT molecular complexity index is 362. The van der Waals surface area contributed by atoms with Crippen molar-refractivity contribution in [2.24, 2.45) is 11.8 Å². The highest BCUT2D eigenvalue weighted by atomic mass is 16.5. The van der Waals surface area contributed by atoms with Crippen LogP contribution in [0.5, 0.6) is 0 Å². The van der Waals surface area contributed by atoms with Crippen LogP contribution in [0.3, 0.4) is 0 Å². The molecule has 0 spiro atoms. The third-order valence-corrected chi connectivity index (χ3v) is 3.73. The summed E-state index contributed by atoms with van der Waals surface area (Å²) < 4.78 is 5.37. The van der Waals surface area contributed by atoms with Crippen molar-refractivity contribution in [2.75, 3.05) is 13.1 Å². The van der Waals surface area contributed by atoms with Crippen molar-refractivity contribution in [1.29, 1.82) is 0 Å². The van der Waals surface area contributed by atoms with Crippen LogP contribution in [0.15, 0.2) is 4.52 Å². The molecule has 1 aliphatic heterocycles. The van der Waals surface area contributed by atoms with Crippen LogP contribution in [-0.2, 0) is 0 Å². The molecule has 82 valence electrons. The fourth-order valence-electron chi connectivity index (χ4n) is 2.37. The second kappa shape index (κ2) is 3.30. The first-order chi connectivity index (χ1) is 7.25. The van der Waals surface area contributed by atoms with E-state index in [0.29, 0.717) is 17.8 Å². The van der Waals surface area contributed by atoms with Crippen LogP contribution in [0.1, 0.15) is 43.8 Å². The maximum absolute atomic E-state index is 5.37. The molecule has 4 heteroatoms. The molecule has 2 unspecified atom stereocenters. The highest BCUT2D eigenvalue weighted by Gasteiger charge is 2.39. The number of nitrogens with one attached hydrogen (secondary N) is 1. The first kappa shape index (κ1) is 9.33. The van der Waals surface area contributed by atoms with Gasteiger partial charge in [0, 0.05) is 12.5 Å². The van der Waals surface area contributed by atoms with Crippen molar-refractivity contribution in [3.63, 3.8) is 0 Å². The van der Waals surface area contributed by atoms with Crippen LogP contribution in [0, 0.1) is 11.8 Å². The highest BCUT2D eigenvalue weighted by molar-refractivity contribution is 5.10. The number of hydrogen-bond acceptors (Lipinski definition) is 4. The molecule has 1 aromatic heterocycles. The predicted octanol–water partition coefficient (Wildman–Crippen LogP) is 1.52. The van der Waals surface area contributed by atoms with Gasteiger partial charge in [-0.1, -0.05) is 19.0 Å². The molecule has 1 aliphatic carbocycles. The molecule has 4 nitrogen and oxygen atoms in total. The topological polar surface area (TPSA) is 51.0 Å². The van der Waals surface area contributed by atoms with Crippen LogP contribution in [0.4, 0.5) is 0 Å². The van der Waals surface area contributed by atoms with Crippen molar-refractivity contribution in [3.05, 3.63) is 11.7 Å². The largest absolute Gasteiger partial charge is 0.339 e. The highest BCUT2D eigenvalue weighted by Crippen LogP contribution is 2.45. The van der Waals surface area contributed by atoms with Gasteiger partial charge in [0.2, 0.25) is 5.89 Å². The Kier molecular flexibility index (Phi) is 2.06. The van der Waals surface area contributed by atoms with E-state index in [4.69, 9.17) is 4.52 Å². The maximum Gasteiger partial charge on any atom is 0.231 e. The van der Waals surface area contributed by atoms with Crippen molar-refractivity contribution in [1.82, 2.24) is 15.5 Å². The average molecular weight is 207 g/mol. The minimum Gasteiger partial charge on any atom is -0.339 e. The summed E-state index contributed by atoms with van der Waals surface area (Å²) >= 11 is 0. The van der Waals surface area contributed by atoms with Crippen LogP contribution in [-0.4, -0.2) is 23.2 Å². The molecule has 3 rings (SSSR count). The Balaban J connectivity index is 1.78. The molecule has 1 N–H and O–H groups in total. The number of aromatic nitrogens is 2. The number of rotatable bonds is 2. The lowest BCUT2D eigenvalue weighted by Gasteiger charge is -2.07. The third-order valence-electron chi connectivity index (χ3n) is 3.73. The summed E-state index contributed by atoms with van der Waals surface area (Å²) in [6, 6.07) is 0. The van der Waals surface area contributed by atoms with Gasteiger partial charge in [-0.05, 0) is 24.8 Å². The second-order valence-corrected chi connectivity index (χ2v) is 5.05. The zero-order valence-electron chi connectivity index (χ0n) is 9.23. The molecular formula is C11H17N3O. The van der Waals surface area contributed by atoms with Gasteiger partial charge >= 0.3 is 0 Å². The molecule has 2 fully saturated rings. The number of nitrogens with zero attached hydrogens (tertiary/aromatic N) is 2. The molecule has 1 aromatic rings.